The molecule has 1 aromatic rings. The van der Waals surface area contributed by atoms with Gasteiger partial charge < -0.3 is 5.73 Å². The van der Waals surface area contributed by atoms with Gasteiger partial charge in [0.15, 0.2) is 0 Å². The lowest BCUT2D eigenvalue weighted by atomic mass is 10.0. The first-order valence-corrected chi connectivity index (χ1v) is 8.49. The molecular weight excluding hydrogens is 338 g/mol. The third-order valence-electron chi connectivity index (χ3n) is 4.61. The third-order valence-corrected chi connectivity index (χ3v) is 5.84. The fourth-order valence-electron chi connectivity index (χ4n) is 3.51. The van der Waals surface area contributed by atoms with E-state index in [1.165, 1.54) is 31.5 Å². The minimum Gasteiger partial charge on any atom is -0.329 e. The maximum Gasteiger partial charge on any atom is 0.0551 e. The zero-order valence-electron chi connectivity index (χ0n) is 11.6. The highest BCUT2D eigenvalue weighted by Crippen LogP contribution is 2.31. The number of nitrogens with zero attached hydrogens (tertiary/aromatic N) is 2. The van der Waals surface area contributed by atoms with Crippen LogP contribution in [0.25, 0.3) is 0 Å². The van der Waals surface area contributed by atoms with E-state index in [-0.39, 0.29) is 6.04 Å². The fraction of sp³-hybridized carbons (Fsp3) is 0.600. The van der Waals surface area contributed by atoms with Crippen molar-refractivity contribution in [3.63, 3.8) is 0 Å². The number of rotatable bonds is 3. The number of benzene rings is 1. The summed E-state index contributed by atoms with van der Waals surface area (Å²) in [6, 6.07) is 7.21. The molecule has 2 N–H and O–H groups in total. The number of nitrogens with two attached hydrogens (primary N) is 1. The summed E-state index contributed by atoms with van der Waals surface area (Å²) >= 11 is 9.68. The second-order valence-electron chi connectivity index (χ2n) is 5.75. The average Bonchev–Trinajstić information content (AvgIpc) is 2.91. The SMILES string of the molecule is NCC(c1ccc(Br)c(Cl)c1)N1CCN2CCCC2C1. The van der Waals surface area contributed by atoms with E-state index in [1.54, 1.807) is 0 Å². The molecule has 2 aliphatic heterocycles. The summed E-state index contributed by atoms with van der Waals surface area (Å²) in [5.74, 6) is 0. The van der Waals surface area contributed by atoms with E-state index in [0.29, 0.717) is 6.54 Å². The molecule has 2 atom stereocenters. The van der Waals surface area contributed by atoms with Crippen molar-refractivity contribution in [2.45, 2.75) is 24.9 Å². The highest BCUT2D eigenvalue weighted by Gasteiger charge is 2.33. The summed E-state index contributed by atoms with van der Waals surface area (Å²) in [6.07, 6.45) is 2.67. The molecule has 110 valence electrons. The summed E-state index contributed by atoms with van der Waals surface area (Å²) < 4.78 is 0.944. The van der Waals surface area contributed by atoms with E-state index in [0.717, 1.165) is 28.6 Å². The van der Waals surface area contributed by atoms with Gasteiger partial charge in [0.2, 0.25) is 0 Å². The molecule has 20 heavy (non-hydrogen) atoms. The molecule has 2 aliphatic rings. The van der Waals surface area contributed by atoms with Crippen LogP contribution in [0.1, 0.15) is 24.4 Å². The van der Waals surface area contributed by atoms with E-state index < -0.39 is 0 Å². The summed E-state index contributed by atoms with van der Waals surface area (Å²) in [6.45, 7) is 5.33. The van der Waals surface area contributed by atoms with Crippen LogP contribution in [0.3, 0.4) is 0 Å². The molecule has 0 spiro atoms. The van der Waals surface area contributed by atoms with Gasteiger partial charge in [-0.15, -0.1) is 0 Å². The fourth-order valence-corrected chi connectivity index (χ4v) is 3.95. The molecule has 0 aliphatic carbocycles. The summed E-state index contributed by atoms with van der Waals surface area (Å²) in [5.41, 5.74) is 7.28. The van der Waals surface area contributed by atoms with Gasteiger partial charge in [-0.1, -0.05) is 17.7 Å². The Morgan fingerprint density at radius 3 is 2.95 bits per heavy atom. The summed E-state index contributed by atoms with van der Waals surface area (Å²) in [4.78, 5) is 5.16. The van der Waals surface area contributed by atoms with E-state index in [4.69, 9.17) is 17.3 Å². The Morgan fingerprint density at radius 2 is 2.20 bits per heavy atom. The summed E-state index contributed by atoms with van der Waals surface area (Å²) in [5, 5.41) is 0.764. The van der Waals surface area contributed by atoms with Gasteiger partial charge in [0, 0.05) is 42.7 Å². The van der Waals surface area contributed by atoms with E-state index in [1.807, 2.05) is 12.1 Å². The van der Waals surface area contributed by atoms with Crippen LogP contribution in [0.15, 0.2) is 22.7 Å². The first-order valence-electron chi connectivity index (χ1n) is 7.32. The van der Waals surface area contributed by atoms with Crippen molar-refractivity contribution in [2.24, 2.45) is 5.73 Å². The molecule has 5 heteroatoms. The highest BCUT2D eigenvalue weighted by atomic mass is 79.9. The maximum atomic E-state index is 6.23. The first kappa shape index (κ1) is 14.8. The third kappa shape index (κ3) is 2.90. The number of hydrogen-bond acceptors (Lipinski definition) is 3. The van der Waals surface area contributed by atoms with Crippen molar-refractivity contribution >= 4 is 27.5 Å². The van der Waals surface area contributed by atoms with Crippen LogP contribution >= 0.6 is 27.5 Å². The molecule has 0 saturated carbocycles. The molecule has 3 nitrogen and oxygen atoms in total. The van der Waals surface area contributed by atoms with E-state index in [9.17, 15) is 0 Å². The monoisotopic (exact) mass is 357 g/mol. The molecule has 0 bridgehead atoms. The van der Waals surface area contributed by atoms with Gasteiger partial charge >= 0.3 is 0 Å². The molecule has 0 amide bonds. The van der Waals surface area contributed by atoms with Gasteiger partial charge in [0.1, 0.15) is 0 Å². The Labute approximate surface area is 134 Å². The predicted molar refractivity (Wildman–Crippen MR) is 87.1 cm³/mol. The largest absolute Gasteiger partial charge is 0.329 e. The van der Waals surface area contributed by atoms with Crippen LogP contribution in [0.4, 0.5) is 0 Å². The normalized spacial score (nSPS) is 25.6. The lowest BCUT2D eigenvalue weighted by Crippen LogP contribution is -2.52. The Kier molecular flexibility index (Phi) is 4.68. The van der Waals surface area contributed by atoms with Crippen LogP contribution < -0.4 is 5.73 Å². The minimum atomic E-state index is 0.281. The highest BCUT2D eigenvalue weighted by molar-refractivity contribution is 9.10. The van der Waals surface area contributed by atoms with Crippen LogP contribution in [-0.2, 0) is 0 Å². The lowest BCUT2D eigenvalue weighted by Gasteiger charge is -2.41. The Balaban J connectivity index is 1.77. The standard InChI is InChI=1S/C15H21BrClN3/c16-13-4-3-11(8-14(13)17)15(9-18)20-7-6-19-5-1-2-12(19)10-20/h3-4,8,12,15H,1-2,5-7,9-10,18H2. The molecule has 0 aromatic heterocycles. The predicted octanol–water partition coefficient (Wildman–Crippen LogP) is 2.88. The van der Waals surface area contributed by atoms with Gasteiger partial charge in [-0.25, -0.2) is 0 Å². The van der Waals surface area contributed by atoms with Crippen molar-refractivity contribution < 1.29 is 0 Å². The average molecular weight is 359 g/mol. The summed E-state index contributed by atoms with van der Waals surface area (Å²) in [7, 11) is 0. The molecule has 1 aromatic carbocycles. The van der Waals surface area contributed by atoms with Crippen LogP contribution in [0.5, 0.6) is 0 Å². The van der Waals surface area contributed by atoms with Crippen molar-refractivity contribution in [3.05, 3.63) is 33.3 Å². The van der Waals surface area contributed by atoms with E-state index in [2.05, 4.69) is 31.8 Å². The van der Waals surface area contributed by atoms with Gasteiger partial charge in [-0.2, -0.15) is 0 Å². The number of piperazine rings is 1. The number of halogens is 2. The molecule has 2 heterocycles. The lowest BCUT2D eigenvalue weighted by molar-refractivity contribution is 0.0737. The maximum absolute atomic E-state index is 6.23. The van der Waals surface area contributed by atoms with Gasteiger partial charge in [-0.05, 0) is 53.0 Å². The van der Waals surface area contributed by atoms with Crippen LogP contribution in [-0.4, -0.2) is 48.6 Å². The molecule has 0 radical (unpaired) electrons. The van der Waals surface area contributed by atoms with Crippen molar-refractivity contribution in [3.8, 4) is 0 Å². The first-order chi connectivity index (χ1) is 9.69. The molecule has 2 unspecified atom stereocenters. The van der Waals surface area contributed by atoms with Crippen LogP contribution in [0.2, 0.25) is 5.02 Å². The molecule has 2 fully saturated rings. The topological polar surface area (TPSA) is 32.5 Å². The van der Waals surface area contributed by atoms with Gasteiger partial charge in [0.05, 0.1) is 5.02 Å². The Bertz CT molecular complexity index is 482. The van der Waals surface area contributed by atoms with Crippen molar-refractivity contribution in [1.82, 2.24) is 9.80 Å². The van der Waals surface area contributed by atoms with Crippen molar-refractivity contribution in [1.29, 1.82) is 0 Å². The Morgan fingerprint density at radius 1 is 1.35 bits per heavy atom. The molecule has 3 rings (SSSR count). The smallest absolute Gasteiger partial charge is 0.0551 e. The Hall–Kier alpha value is -0.130. The second-order valence-corrected chi connectivity index (χ2v) is 7.01. The number of fused-ring (bicyclic) bond motifs is 1. The van der Waals surface area contributed by atoms with Gasteiger partial charge in [-0.3, -0.25) is 9.80 Å². The zero-order valence-corrected chi connectivity index (χ0v) is 13.9. The second kappa shape index (κ2) is 6.32. The van der Waals surface area contributed by atoms with Crippen molar-refractivity contribution in [2.75, 3.05) is 32.7 Å². The minimum absolute atomic E-state index is 0.281. The number of hydrogen-bond donors (Lipinski definition) is 1. The molecular formula is C15H21BrClN3. The quantitative estimate of drug-likeness (QED) is 0.902. The van der Waals surface area contributed by atoms with Crippen LogP contribution in [0, 0.1) is 0 Å². The zero-order chi connectivity index (χ0) is 14.1. The van der Waals surface area contributed by atoms with Gasteiger partial charge in [0.25, 0.3) is 0 Å². The van der Waals surface area contributed by atoms with E-state index >= 15 is 0 Å². The molecule has 2 saturated heterocycles.